The molecule has 0 spiro atoms. The third kappa shape index (κ3) is 2.94. The molecule has 0 aromatic carbocycles. The molecule has 0 bridgehead atoms. The number of rotatable bonds is 3. The Labute approximate surface area is 103 Å². The Morgan fingerprint density at radius 2 is 1.75 bits per heavy atom. The van der Waals surface area contributed by atoms with Gasteiger partial charge in [-0.3, -0.25) is 4.79 Å². The van der Waals surface area contributed by atoms with Crippen molar-refractivity contribution in [1.82, 2.24) is 5.32 Å². The normalized spacial score (nSPS) is 20.2. The second-order valence-corrected chi connectivity index (χ2v) is 5.43. The average molecular weight is 242 g/mol. The lowest BCUT2D eigenvalue weighted by atomic mass is 9.79. The van der Waals surface area contributed by atoms with Crippen LogP contribution in [0.2, 0.25) is 0 Å². The van der Waals surface area contributed by atoms with Gasteiger partial charge in [-0.1, -0.05) is 37.9 Å². The van der Waals surface area contributed by atoms with Crippen LogP contribution in [0.15, 0.2) is 0 Å². The van der Waals surface area contributed by atoms with Gasteiger partial charge >= 0.3 is 0 Å². The fourth-order valence-electron chi connectivity index (χ4n) is 2.32. The number of nitrogens with one attached hydrogen (secondary N) is 1. The highest BCUT2D eigenvalue weighted by Gasteiger charge is 2.41. The molecule has 0 aromatic rings. The number of carbonyl (C=O) groups excluding carboxylic acids is 1. The molecule has 1 saturated carbocycles. The zero-order chi connectivity index (χ0) is 12.2. The van der Waals surface area contributed by atoms with Crippen molar-refractivity contribution in [2.75, 3.05) is 0 Å². The number of carbonyl (C=O) groups is 1. The maximum atomic E-state index is 12.2. The van der Waals surface area contributed by atoms with E-state index in [-0.39, 0.29) is 11.9 Å². The second kappa shape index (κ2) is 5.62. The van der Waals surface area contributed by atoms with Gasteiger partial charge in [0.15, 0.2) is 0 Å². The van der Waals surface area contributed by atoms with E-state index >= 15 is 0 Å². The summed E-state index contributed by atoms with van der Waals surface area (Å²) >= 11 is 5.13. The zero-order valence-corrected chi connectivity index (χ0v) is 11.0. The van der Waals surface area contributed by atoms with Gasteiger partial charge < -0.3 is 11.1 Å². The summed E-state index contributed by atoms with van der Waals surface area (Å²) in [6.07, 6.45) is 6.06. The van der Waals surface area contributed by atoms with Crippen molar-refractivity contribution in [3.63, 3.8) is 0 Å². The summed E-state index contributed by atoms with van der Waals surface area (Å²) in [6, 6.07) is 0.141. The molecule has 0 unspecified atom stereocenters. The van der Waals surface area contributed by atoms with Gasteiger partial charge in [0.1, 0.15) is 0 Å². The Morgan fingerprint density at radius 3 is 2.12 bits per heavy atom. The smallest absolute Gasteiger partial charge is 0.233 e. The second-order valence-electron chi connectivity index (χ2n) is 4.99. The van der Waals surface area contributed by atoms with Gasteiger partial charge in [-0.05, 0) is 26.7 Å². The molecule has 1 aliphatic carbocycles. The SMILES string of the molecule is CC(C)NC(=O)C1(C(N)=S)CCCCCC1. The van der Waals surface area contributed by atoms with Crippen LogP contribution in [-0.4, -0.2) is 16.9 Å². The molecule has 0 aliphatic heterocycles. The summed E-state index contributed by atoms with van der Waals surface area (Å²) in [4.78, 5) is 12.6. The van der Waals surface area contributed by atoms with E-state index in [0.717, 1.165) is 25.7 Å². The minimum absolute atomic E-state index is 0.0249. The van der Waals surface area contributed by atoms with Gasteiger partial charge in [0.05, 0.1) is 10.4 Å². The van der Waals surface area contributed by atoms with Crippen LogP contribution in [0.1, 0.15) is 52.4 Å². The Hall–Kier alpha value is -0.640. The van der Waals surface area contributed by atoms with E-state index in [0.29, 0.717) is 4.99 Å². The zero-order valence-electron chi connectivity index (χ0n) is 10.2. The largest absolute Gasteiger partial charge is 0.392 e. The Morgan fingerprint density at radius 1 is 1.25 bits per heavy atom. The number of thiocarbonyl (C=S) groups is 1. The molecule has 0 atom stereocenters. The lowest BCUT2D eigenvalue weighted by Crippen LogP contribution is -2.50. The first-order chi connectivity index (χ1) is 7.49. The first-order valence-corrected chi connectivity index (χ1v) is 6.51. The highest BCUT2D eigenvalue weighted by atomic mass is 32.1. The molecule has 1 amide bonds. The summed E-state index contributed by atoms with van der Waals surface area (Å²) in [6.45, 7) is 3.92. The van der Waals surface area contributed by atoms with Crippen molar-refractivity contribution in [1.29, 1.82) is 0 Å². The summed E-state index contributed by atoms with van der Waals surface area (Å²) in [5.41, 5.74) is 5.23. The van der Waals surface area contributed by atoms with Gasteiger partial charge in [-0.25, -0.2) is 0 Å². The van der Waals surface area contributed by atoms with Crippen LogP contribution in [0, 0.1) is 5.41 Å². The molecule has 16 heavy (non-hydrogen) atoms. The topological polar surface area (TPSA) is 55.1 Å². The first-order valence-electron chi connectivity index (χ1n) is 6.10. The molecule has 0 heterocycles. The third-order valence-electron chi connectivity index (χ3n) is 3.28. The van der Waals surface area contributed by atoms with Crippen molar-refractivity contribution in [2.45, 2.75) is 58.4 Å². The molecule has 0 aromatic heterocycles. The van der Waals surface area contributed by atoms with Crippen LogP contribution in [0.3, 0.4) is 0 Å². The predicted octanol–water partition coefficient (Wildman–Crippen LogP) is 2.14. The third-order valence-corrected chi connectivity index (χ3v) is 3.67. The molecule has 1 aliphatic rings. The van der Waals surface area contributed by atoms with Gasteiger partial charge in [0, 0.05) is 6.04 Å². The van der Waals surface area contributed by atoms with Crippen molar-refractivity contribution >= 4 is 23.1 Å². The fraction of sp³-hybridized carbons (Fsp3) is 0.833. The molecule has 0 radical (unpaired) electrons. The van der Waals surface area contributed by atoms with Crippen LogP contribution in [0.25, 0.3) is 0 Å². The van der Waals surface area contributed by atoms with Crippen LogP contribution >= 0.6 is 12.2 Å². The number of nitrogens with two attached hydrogens (primary N) is 1. The van der Waals surface area contributed by atoms with E-state index in [1.54, 1.807) is 0 Å². The summed E-state index contributed by atoms with van der Waals surface area (Å²) < 4.78 is 0. The van der Waals surface area contributed by atoms with Gasteiger partial charge in [0.25, 0.3) is 0 Å². The van der Waals surface area contributed by atoms with Crippen molar-refractivity contribution in [3.8, 4) is 0 Å². The number of amides is 1. The van der Waals surface area contributed by atoms with Crippen molar-refractivity contribution < 1.29 is 4.79 Å². The molecular weight excluding hydrogens is 220 g/mol. The molecule has 0 saturated heterocycles. The van der Waals surface area contributed by atoms with Crippen LogP contribution in [0.5, 0.6) is 0 Å². The summed E-state index contributed by atoms with van der Waals surface area (Å²) in [7, 11) is 0. The van der Waals surface area contributed by atoms with E-state index in [9.17, 15) is 4.79 Å². The number of hydrogen-bond donors (Lipinski definition) is 2. The minimum atomic E-state index is -0.587. The van der Waals surface area contributed by atoms with E-state index in [2.05, 4.69) is 5.32 Å². The van der Waals surface area contributed by atoms with Crippen LogP contribution in [0.4, 0.5) is 0 Å². The Kier molecular flexibility index (Phi) is 4.71. The van der Waals surface area contributed by atoms with Crippen LogP contribution < -0.4 is 11.1 Å². The summed E-state index contributed by atoms with van der Waals surface area (Å²) in [5, 5.41) is 2.96. The van der Waals surface area contributed by atoms with E-state index < -0.39 is 5.41 Å². The Balaban J connectivity index is 2.85. The van der Waals surface area contributed by atoms with E-state index in [1.165, 1.54) is 12.8 Å². The quantitative estimate of drug-likeness (QED) is 0.589. The molecule has 1 fully saturated rings. The molecular formula is C12H22N2OS. The van der Waals surface area contributed by atoms with E-state index in [1.807, 2.05) is 13.8 Å². The van der Waals surface area contributed by atoms with Gasteiger partial charge in [-0.15, -0.1) is 0 Å². The maximum absolute atomic E-state index is 12.2. The van der Waals surface area contributed by atoms with Gasteiger partial charge in [-0.2, -0.15) is 0 Å². The molecule has 4 heteroatoms. The standard InChI is InChI=1S/C12H22N2OS/c1-9(2)14-11(15)12(10(13)16)7-5-3-4-6-8-12/h9H,3-8H2,1-2H3,(H2,13,16)(H,14,15). The van der Waals surface area contributed by atoms with Gasteiger partial charge in [0.2, 0.25) is 5.91 Å². The lowest BCUT2D eigenvalue weighted by molar-refractivity contribution is -0.128. The molecule has 1 rings (SSSR count). The van der Waals surface area contributed by atoms with Crippen molar-refractivity contribution in [3.05, 3.63) is 0 Å². The fourth-order valence-corrected chi connectivity index (χ4v) is 2.61. The lowest BCUT2D eigenvalue weighted by Gasteiger charge is -2.31. The van der Waals surface area contributed by atoms with Crippen LogP contribution in [-0.2, 0) is 4.79 Å². The number of hydrogen-bond acceptors (Lipinski definition) is 2. The average Bonchev–Trinajstić information content (AvgIpc) is 2.42. The molecule has 92 valence electrons. The highest BCUT2D eigenvalue weighted by Crippen LogP contribution is 2.35. The van der Waals surface area contributed by atoms with Crippen molar-refractivity contribution in [2.24, 2.45) is 11.1 Å². The predicted molar refractivity (Wildman–Crippen MR) is 70.2 cm³/mol. The minimum Gasteiger partial charge on any atom is -0.392 e. The molecule has 3 nitrogen and oxygen atoms in total. The summed E-state index contributed by atoms with van der Waals surface area (Å²) in [5.74, 6) is 0.0249. The monoisotopic (exact) mass is 242 g/mol. The highest BCUT2D eigenvalue weighted by molar-refractivity contribution is 7.80. The first kappa shape index (κ1) is 13.4. The molecule has 3 N–H and O–H groups in total. The Bertz CT molecular complexity index is 268. The van der Waals surface area contributed by atoms with E-state index in [4.69, 9.17) is 18.0 Å². The maximum Gasteiger partial charge on any atom is 0.233 e.